The quantitative estimate of drug-likeness (QED) is 0.735. The predicted octanol–water partition coefficient (Wildman–Crippen LogP) is 4.33. The molecule has 0 saturated heterocycles. The van der Waals surface area contributed by atoms with Crippen molar-refractivity contribution in [3.8, 4) is 0 Å². The van der Waals surface area contributed by atoms with Gasteiger partial charge in [-0.2, -0.15) is 0 Å². The molecular weight excluding hydrogens is 360 g/mol. The van der Waals surface area contributed by atoms with Crippen LogP contribution in [0.5, 0.6) is 0 Å². The van der Waals surface area contributed by atoms with Crippen molar-refractivity contribution in [3.05, 3.63) is 26.6 Å². The number of carbonyl (C=O) groups excluding carboxylic acids is 1. The summed E-state index contributed by atoms with van der Waals surface area (Å²) in [6.45, 7) is 5.83. The van der Waals surface area contributed by atoms with Crippen LogP contribution in [-0.2, 0) is 22.4 Å². The number of aryl methyl sites for hydroxylation is 2. The van der Waals surface area contributed by atoms with Gasteiger partial charge >= 0.3 is 5.97 Å². The van der Waals surface area contributed by atoms with E-state index in [-0.39, 0.29) is 17.6 Å². The minimum Gasteiger partial charge on any atom is -0.461 e. The molecule has 146 valence electrons. The van der Waals surface area contributed by atoms with Crippen LogP contribution in [0.3, 0.4) is 0 Å². The third-order valence-electron chi connectivity index (χ3n) is 6.10. The number of fused-ring (bicyclic) bond motifs is 3. The zero-order valence-electron chi connectivity index (χ0n) is 16.4. The lowest BCUT2D eigenvalue weighted by molar-refractivity contribution is -0.154. The lowest BCUT2D eigenvalue weighted by Crippen LogP contribution is -2.34. The molecule has 4 rings (SSSR count). The van der Waals surface area contributed by atoms with Gasteiger partial charge in [-0.15, -0.1) is 11.3 Å². The van der Waals surface area contributed by atoms with Gasteiger partial charge in [-0.3, -0.25) is 9.36 Å². The van der Waals surface area contributed by atoms with Crippen LogP contribution in [0, 0.1) is 12.8 Å². The molecule has 0 bridgehead atoms. The average Bonchev–Trinajstić information content (AvgIpc) is 2.99. The van der Waals surface area contributed by atoms with Gasteiger partial charge in [-0.05, 0) is 70.3 Å². The highest BCUT2D eigenvalue weighted by atomic mass is 32.1. The Morgan fingerprint density at radius 2 is 2.00 bits per heavy atom. The molecule has 0 radical (unpaired) electrons. The summed E-state index contributed by atoms with van der Waals surface area (Å²) in [6.07, 6.45) is 8.34. The molecule has 2 aromatic heterocycles. The van der Waals surface area contributed by atoms with Crippen LogP contribution in [0.2, 0.25) is 0 Å². The van der Waals surface area contributed by atoms with Crippen LogP contribution in [0.25, 0.3) is 10.2 Å². The molecule has 1 saturated carbocycles. The van der Waals surface area contributed by atoms with Gasteiger partial charge in [0.05, 0.1) is 5.39 Å². The van der Waals surface area contributed by atoms with Crippen molar-refractivity contribution in [2.24, 2.45) is 5.92 Å². The van der Waals surface area contributed by atoms with Crippen molar-refractivity contribution in [1.29, 1.82) is 0 Å². The molecule has 5 nitrogen and oxygen atoms in total. The number of carbonyl (C=O) groups is 1. The van der Waals surface area contributed by atoms with Crippen LogP contribution in [0.1, 0.15) is 74.7 Å². The van der Waals surface area contributed by atoms with Crippen LogP contribution in [-0.4, -0.2) is 21.6 Å². The lowest BCUT2D eigenvalue weighted by atomic mass is 9.89. The molecule has 2 aromatic rings. The summed E-state index contributed by atoms with van der Waals surface area (Å²) in [4.78, 5) is 32.8. The van der Waals surface area contributed by atoms with E-state index in [1.165, 1.54) is 11.3 Å². The molecule has 2 heterocycles. The molecule has 27 heavy (non-hydrogen) atoms. The highest BCUT2D eigenvalue weighted by Gasteiger charge is 2.28. The third-order valence-corrected chi connectivity index (χ3v) is 7.25. The Morgan fingerprint density at radius 1 is 1.26 bits per heavy atom. The SMILES string of the molecule is Cc1nc2sc3c(c2c(=O)n1C(C)C(=O)OC1CCCCC1)CCC(C)C3. The summed E-state index contributed by atoms with van der Waals surface area (Å²) in [6, 6.07) is -0.644. The number of thiophene rings is 1. The number of esters is 1. The van der Waals surface area contributed by atoms with E-state index in [1.54, 1.807) is 22.8 Å². The molecule has 2 atom stereocenters. The first-order chi connectivity index (χ1) is 13.0. The fraction of sp³-hybridized carbons (Fsp3) is 0.667. The molecule has 0 aliphatic heterocycles. The second-order valence-corrected chi connectivity index (χ2v) is 9.32. The Bertz CT molecular complexity index is 924. The molecule has 2 aliphatic rings. The third kappa shape index (κ3) is 3.44. The number of hydrogen-bond acceptors (Lipinski definition) is 5. The van der Waals surface area contributed by atoms with Crippen LogP contribution in [0.15, 0.2) is 4.79 Å². The first kappa shape index (κ1) is 18.7. The average molecular weight is 389 g/mol. The van der Waals surface area contributed by atoms with E-state index < -0.39 is 6.04 Å². The van der Waals surface area contributed by atoms with E-state index in [2.05, 4.69) is 6.92 Å². The second-order valence-electron chi connectivity index (χ2n) is 8.24. The van der Waals surface area contributed by atoms with Crippen molar-refractivity contribution in [3.63, 3.8) is 0 Å². The van der Waals surface area contributed by atoms with Gasteiger partial charge in [0.2, 0.25) is 0 Å². The van der Waals surface area contributed by atoms with Crippen LogP contribution >= 0.6 is 11.3 Å². The Morgan fingerprint density at radius 3 is 2.74 bits per heavy atom. The lowest BCUT2D eigenvalue weighted by Gasteiger charge is -2.24. The van der Waals surface area contributed by atoms with Gasteiger partial charge < -0.3 is 4.74 Å². The van der Waals surface area contributed by atoms with Gasteiger partial charge in [0.15, 0.2) is 0 Å². The van der Waals surface area contributed by atoms with Crippen molar-refractivity contribution in [1.82, 2.24) is 9.55 Å². The van der Waals surface area contributed by atoms with Crippen LogP contribution in [0.4, 0.5) is 0 Å². The molecule has 0 aromatic carbocycles. The Labute approximate surface area is 163 Å². The summed E-state index contributed by atoms with van der Waals surface area (Å²) in [7, 11) is 0. The zero-order valence-corrected chi connectivity index (χ0v) is 17.2. The minimum absolute atomic E-state index is 0.00297. The van der Waals surface area contributed by atoms with Gasteiger partial charge in [-0.25, -0.2) is 9.78 Å². The first-order valence-electron chi connectivity index (χ1n) is 10.2. The van der Waals surface area contributed by atoms with E-state index in [4.69, 9.17) is 9.72 Å². The van der Waals surface area contributed by atoms with Crippen LogP contribution < -0.4 is 5.56 Å². The molecule has 0 spiro atoms. The van der Waals surface area contributed by atoms with Crippen molar-refractivity contribution < 1.29 is 9.53 Å². The molecule has 1 fully saturated rings. The molecule has 2 aliphatic carbocycles. The summed E-state index contributed by atoms with van der Waals surface area (Å²) in [5.74, 6) is 0.927. The van der Waals surface area contributed by atoms with Crippen molar-refractivity contribution >= 4 is 27.5 Å². The Balaban J connectivity index is 1.68. The number of hydrogen-bond donors (Lipinski definition) is 0. The number of ether oxygens (including phenoxy) is 1. The fourth-order valence-corrected chi connectivity index (χ4v) is 5.93. The maximum absolute atomic E-state index is 13.3. The van der Waals surface area contributed by atoms with E-state index in [0.29, 0.717) is 11.7 Å². The van der Waals surface area contributed by atoms with Gasteiger partial charge in [0.1, 0.15) is 22.8 Å². The van der Waals surface area contributed by atoms with Gasteiger partial charge in [-0.1, -0.05) is 13.3 Å². The monoisotopic (exact) mass is 388 g/mol. The minimum atomic E-state index is -0.644. The smallest absolute Gasteiger partial charge is 0.329 e. The van der Waals surface area contributed by atoms with E-state index in [9.17, 15) is 9.59 Å². The summed E-state index contributed by atoms with van der Waals surface area (Å²) in [5.41, 5.74) is 1.07. The Kier molecular flexibility index (Phi) is 5.10. The molecule has 0 amide bonds. The largest absolute Gasteiger partial charge is 0.461 e. The van der Waals surface area contributed by atoms with E-state index in [1.807, 2.05) is 6.92 Å². The molecule has 0 N–H and O–H groups in total. The molecular formula is C21H28N2O3S. The zero-order chi connectivity index (χ0) is 19.1. The van der Waals surface area contributed by atoms with E-state index in [0.717, 1.165) is 60.7 Å². The first-order valence-corrected chi connectivity index (χ1v) is 11.0. The second kappa shape index (κ2) is 7.38. The summed E-state index contributed by atoms with van der Waals surface area (Å²) >= 11 is 1.65. The normalized spacial score (nSPS) is 21.8. The molecule has 6 heteroatoms. The standard InChI is InChI=1S/C21H28N2O3S/c1-12-9-10-16-17(11-12)27-19-18(16)20(24)23(14(3)22-19)13(2)21(25)26-15-7-5-4-6-8-15/h12-13,15H,4-11H2,1-3H3. The number of aromatic nitrogens is 2. The predicted molar refractivity (Wildman–Crippen MR) is 107 cm³/mol. The highest BCUT2D eigenvalue weighted by molar-refractivity contribution is 7.18. The maximum atomic E-state index is 13.3. The van der Waals surface area contributed by atoms with Crippen molar-refractivity contribution in [2.75, 3.05) is 0 Å². The van der Waals surface area contributed by atoms with Crippen molar-refractivity contribution in [2.45, 2.75) is 84.3 Å². The molecule has 2 unspecified atom stereocenters. The number of nitrogens with zero attached hydrogens (tertiary/aromatic N) is 2. The maximum Gasteiger partial charge on any atom is 0.329 e. The van der Waals surface area contributed by atoms with E-state index >= 15 is 0 Å². The summed E-state index contributed by atoms with van der Waals surface area (Å²) in [5, 5.41) is 0.727. The summed E-state index contributed by atoms with van der Waals surface area (Å²) < 4.78 is 7.25. The highest BCUT2D eigenvalue weighted by Crippen LogP contribution is 2.36. The van der Waals surface area contributed by atoms with Gasteiger partial charge in [0.25, 0.3) is 5.56 Å². The van der Waals surface area contributed by atoms with Gasteiger partial charge in [0, 0.05) is 4.88 Å². The Hall–Kier alpha value is -1.69. The number of rotatable bonds is 3. The topological polar surface area (TPSA) is 61.2 Å². The fourth-order valence-electron chi connectivity index (χ4n) is 4.51.